The Bertz CT molecular complexity index is 614. The Morgan fingerprint density at radius 2 is 1.29 bits per heavy atom. The highest BCUT2D eigenvalue weighted by molar-refractivity contribution is 6.03. The van der Waals surface area contributed by atoms with Crippen molar-refractivity contribution in [1.82, 2.24) is 20.9 Å². The molecule has 0 aromatic heterocycles. The number of carbonyl (C=O) groups is 2. The van der Waals surface area contributed by atoms with Gasteiger partial charge in [-0.1, -0.05) is 71.1 Å². The van der Waals surface area contributed by atoms with Crippen molar-refractivity contribution in [3.63, 3.8) is 0 Å². The van der Waals surface area contributed by atoms with Gasteiger partial charge in [0.25, 0.3) is 0 Å². The first kappa shape index (κ1) is 30.2. The van der Waals surface area contributed by atoms with Crippen molar-refractivity contribution in [3.05, 3.63) is 0 Å². The second-order valence-corrected chi connectivity index (χ2v) is 12.5. The highest BCUT2D eigenvalue weighted by Gasteiger charge is 2.41. The number of piperazine rings is 1. The molecule has 3 fully saturated rings. The van der Waals surface area contributed by atoms with E-state index in [9.17, 15) is 9.59 Å². The molecule has 3 aliphatic rings. The zero-order valence-corrected chi connectivity index (χ0v) is 23.6. The van der Waals surface area contributed by atoms with Crippen LogP contribution in [0.2, 0.25) is 0 Å². The Morgan fingerprint density at radius 1 is 0.771 bits per heavy atom. The molecule has 0 bridgehead atoms. The first-order valence-electron chi connectivity index (χ1n) is 14.7. The molecule has 1 atom stereocenters. The number of nitrogens with one attached hydrogen (secondary N) is 3. The van der Waals surface area contributed by atoms with Crippen LogP contribution in [-0.2, 0) is 9.59 Å². The van der Waals surface area contributed by atoms with Crippen molar-refractivity contribution in [3.8, 4) is 0 Å². The quantitative estimate of drug-likeness (QED) is 0.259. The Kier molecular flexibility index (Phi) is 13.2. The van der Waals surface area contributed by atoms with Gasteiger partial charge in [0.15, 0.2) is 0 Å². The lowest BCUT2D eigenvalue weighted by atomic mass is 9.93. The molecule has 0 aromatic carbocycles. The summed E-state index contributed by atoms with van der Waals surface area (Å²) in [7, 11) is 0. The summed E-state index contributed by atoms with van der Waals surface area (Å²) < 4.78 is 0. The van der Waals surface area contributed by atoms with Gasteiger partial charge >= 0.3 is 0 Å². The van der Waals surface area contributed by atoms with E-state index in [2.05, 4.69) is 50.6 Å². The third-order valence-electron chi connectivity index (χ3n) is 7.67. The van der Waals surface area contributed by atoms with Crippen LogP contribution in [0.1, 0.15) is 125 Å². The fraction of sp³-hybridized carbons (Fsp3) is 0.931. The molecule has 3 aliphatic heterocycles. The molecule has 35 heavy (non-hydrogen) atoms. The first-order chi connectivity index (χ1) is 16.7. The number of imide groups is 1. The molecule has 0 radical (unpaired) electrons. The molecular formula is C29H56N4O2. The third kappa shape index (κ3) is 11.3. The number of carbonyl (C=O) groups excluding carboxylic acids is 2. The Morgan fingerprint density at radius 3 is 1.77 bits per heavy atom. The highest BCUT2D eigenvalue weighted by Crippen LogP contribution is 2.29. The summed E-state index contributed by atoms with van der Waals surface area (Å²) in [6, 6.07) is 0.152. The highest BCUT2D eigenvalue weighted by atomic mass is 16.2. The molecule has 0 saturated carbocycles. The largest absolute Gasteiger partial charge is 0.317 e. The van der Waals surface area contributed by atoms with Crippen molar-refractivity contribution in [2.24, 2.45) is 5.92 Å². The molecule has 6 heteroatoms. The zero-order chi connectivity index (χ0) is 25.7. The van der Waals surface area contributed by atoms with Crippen LogP contribution in [0.25, 0.3) is 0 Å². The van der Waals surface area contributed by atoms with Gasteiger partial charge in [-0.15, -0.1) is 0 Å². The van der Waals surface area contributed by atoms with E-state index in [4.69, 9.17) is 0 Å². The van der Waals surface area contributed by atoms with Crippen molar-refractivity contribution in [1.29, 1.82) is 0 Å². The summed E-state index contributed by atoms with van der Waals surface area (Å²) in [5.74, 6) is 0.165. The molecule has 3 N–H and O–H groups in total. The van der Waals surface area contributed by atoms with Crippen LogP contribution in [0.15, 0.2) is 0 Å². The molecule has 1 unspecified atom stereocenters. The Labute approximate surface area is 216 Å². The van der Waals surface area contributed by atoms with Crippen LogP contribution in [0, 0.1) is 5.92 Å². The average molecular weight is 493 g/mol. The smallest absolute Gasteiger partial charge is 0.233 e. The van der Waals surface area contributed by atoms with Gasteiger partial charge in [0.05, 0.1) is 0 Å². The summed E-state index contributed by atoms with van der Waals surface area (Å²) in [6.07, 6.45) is 16.3. The van der Waals surface area contributed by atoms with Crippen LogP contribution in [0.3, 0.4) is 0 Å². The maximum atomic E-state index is 12.6. The second-order valence-electron chi connectivity index (χ2n) is 12.5. The summed E-state index contributed by atoms with van der Waals surface area (Å²) >= 11 is 0. The first-order valence-corrected chi connectivity index (χ1v) is 14.7. The molecule has 3 heterocycles. The molecule has 2 amide bonds. The fourth-order valence-corrected chi connectivity index (χ4v) is 5.96. The van der Waals surface area contributed by atoms with E-state index < -0.39 is 0 Å². The maximum Gasteiger partial charge on any atom is 0.233 e. The third-order valence-corrected chi connectivity index (χ3v) is 7.67. The Balaban J connectivity index is 0.000000360. The van der Waals surface area contributed by atoms with Crippen molar-refractivity contribution in [2.45, 2.75) is 142 Å². The van der Waals surface area contributed by atoms with E-state index >= 15 is 0 Å². The van der Waals surface area contributed by atoms with Crippen LogP contribution >= 0.6 is 0 Å². The lowest BCUT2D eigenvalue weighted by molar-refractivity contribution is -0.142. The molecular weight excluding hydrogens is 436 g/mol. The van der Waals surface area contributed by atoms with Crippen molar-refractivity contribution >= 4 is 11.8 Å². The van der Waals surface area contributed by atoms with Gasteiger partial charge in [-0.3, -0.25) is 14.5 Å². The van der Waals surface area contributed by atoms with E-state index in [1.807, 2.05) is 0 Å². The maximum absolute atomic E-state index is 12.6. The molecule has 0 spiro atoms. The number of hydrogen-bond acceptors (Lipinski definition) is 5. The summed E-state index contributed by atoms with van der Waals surface area (Å²) in [5, 5.41) is 10.3. The van der Waals surface area contributed by atoms with Crippen LogP contribution in [-0.4, -0.2) is 60.0 Å². The van der Waals surface area contributed by atoms with Gasteiger partial charge in [-0.05, 0) is 60.0 Å². The van der Waals surface area contributed by atoms with E-state index in [1.54, 1.807) is 4.90 Å². The van der Waals surface area contributed by atoms with Crippen LogP contribution < -0.4 is 16.0 Å². The summed E-state index contributed by atoms with van der Waals surface area (Å²) in [4.78, 5) is 26.5. The van der Waals surface area contributed by atoms with Crippen molar-refractivity contribution < 1.29 is 9.59 Å². The van der Waals surface area contributed by atoms with Gasteiger partial charge in [-0.25, -0.2) is 0 Å². The van der Waals surface area contributed by atoms with E-state index in [0.29, 0.717) is 6.42 Å². The van der Waals surface area contributed by atoms with E-state index in [1.165, 1.54) is 57.8 Å². The van der Waals surface area contributed by atoms with E-state index in [-0.39, 0.29) is 34.9 Å². The van der Waals surface area contributed by atoms with Crippen molar-refractivity contribution in [2.75, 3.05) is 26.2 Å². The molecule has 6 nitrogen and oxygen atoms in total. The normalized spacial score (nSPS) is 24.4. The minimum absolute atomic E-state index is 0.0311. The summed E-state index contributed by atoms with van der Waals surface area (Å²) in [5.41, 5.74) is 0.503. The average Bonchev–Trinajstić information content (AvgIpc) is 3.07. The monoisotopic (exact) mass is 492 g/mol. The number of likely N-dealkylation sites (tertiary alicyclic amines) is 1. The number of rotatable bonds is 12. The lowest BCUT2D eigenvalue weighted by Crippen LogP contribution is -2.65. The SMILES string of the molecule is CC1(C)CNCC(C)(C)N1.CCCCCCCCCCCCC1CC(=O)N(C2CCNCC2)C1=O. The number of unbranched alkanes of at least 4 members (excludes halogenated alkanes) is 9. The number of hydrogen-bond donors (Lipinski definition) is 3. The Hall–Kier alpha value is -0.980. The number of amides is 2. The van der Waals surface area contributed by atoms with Gasteiger partial charge < -0.3 is 16.0 Å². The predicted molar refractivity (Wildman–Crippen MR) is 146 cm³/mol. The molecule has 3 saturated heterocycles. The minimum atomic E-state index is -0.0311. The lowest BCUT2D eigenvalue weighted by Gasteiger charge is -2.42. The second kappa shape index (κ2) is 15.3. The molecule has 3 rings (SSSR count). The minimum Gasteiger partial charge on any atom is -0.317 e. The topological polar surface area (TPSA) is 73.5 Å². The predicted octanol–water partition coefficient (Wildman–Crippen LogP) is 5.16. The number of nitrogens with zero attached hydrogens (tertiary/aromatic N) is 1. The van der Waals surface area contributed by atoms with E-state index in [0.717, 1.165) is 51.9 Å². The number of piperidine rings is 1. The molecule has 204 valence electrons. The standard InChI is InChI=1S/C21H38N2O2.C8H18N2/c1-2-3-4-5-6-7-8-9-10-11-12-18-17-20(24)23(21(18)25)19-13-15-22-16-14-19;1-7(2)5-9-6-8(3,4)10-7/h18-19,22H,2-17H2,1H3;9-10H,5-6H2,1-4H3. The van der Waals surface area contributed by atoms with Gasteiger partial charge in [0.2, 0.25) is 11.8 Å². The van der Waals surface area contributed by atoms with Crippen LogP contribution in [0.5, 0.6) is 0 Å². The van der Waals surface area contributed by atoms with Gasteiger partial charge in [0.1, 0.15) is 0 Å². The summed E-state index contributed by atoms with van der Waals surface area (Å²) in [6.45, 7) is 15.1. The van der Waals surface area contributed by atoms with Crippen LogP contribution in [0.4, 0.5) is 0 Å². The molecule has 0 aliphatic carbocycles. The van der Waals surface area contributed by atoms with Gasteiger partial charge in [0, 0.05) is 42.5 Å². The fourth-order valence-electron chi connectivity index (χ4n) is 5.96. The molecule has 0 aromatic rings. The van der Waals surface area contributed by atoms with Gasteiger partial charge in [-0.2, -0.15) is 0 Å². The zero-order valence-electron chi connectivity index (χ0n) is 23.6.